The number of pyridine rings is 1. The van der Waals surface area contributed by atoms with Gasteiger partial charge in [0.05, 0.1) is 11.4 Å². The molecule has 0 atom stereocenters. The van der Waals surface area contributed by atoms with E-state index in [1.165, 1.54) is 25.7 Å². The Kier molecular flexibility index (Phi) is 4.11. The molecular weight excluding hydrogens is 312 g/mol. The number of nitrogens with one attached hydrogen (secondary N) is 1. The van der Waals surface area contributed by atoms with Gasteiger partial charge in [-0.3, -0.25) is 4.68 Å². The summed E-state index contributed by atoms with van der Waals surface area (Å²) in [5.74, 6) is 1.06. The van der Waals surface area contributed by atoms with Crippen LogP contribution in [0.4, 0.5) is 5.95 Å². The Hall–Kier alpha value is -2.50. The van der Waals surface area contributed by atoms with Crippen LogP contribution in [0.3, 0.4) is 0 Å². The summed E-state index contributed by atoms with van der Waals surface area (Å²) in [5, 5.41) is 9.18. The van der Waals surface area contributed by atoms with Gasteiger partial charge in [0.1, 0.15) is 0 Å². The van der Waals surface area contributed by atoms with Gasteiger partial charge in [-0.05, 0) is 30.9 Å². The molecule has 0 aliphatic heterocycles. The van der Waals surface area contributed by atoms with Crippen LogP contribution in [-0.2, 0) is 7.05 Å². The van der Waals surface area contributed by atoms with Gasteiger partial charge in [-0.15, -0.1) is 0 Å². The fourth-order valence-electron chi connectivity index (χ4n) is 3.58. The number of hydrogen-bond acceptors (Lipinski definition) is 5. The summed E-state index contributed by atoms with van der Waals surface area (Å²) >= 11 is 0. The van der Waals surface area contributed by atoms with Crippen LogP contribution in [0.5, 0.6) is 0 Å². The van der Waals surface area contributed by atoms with Crippen LogP contribution >= 0.6 is 0 Å². The largest absolute Gasteiger partial charge is 0.351 e. The van der Waals surface area contributed by atoms with Crippen molar-refractivity contribution in [3.8, 4) is 11.3 Å². The van der Waals surface area contributed by atoms with Crippen LogP contribution in [-0.4, -0.2) is 30.8 Å². The second-order valence-corrected chi connectivity index (χ2v) is 7.15. The van der Waals surface area contributed by atoms with Gasteiger partial charge in [-0.1, -0.05) is 26.7 Å². The molecule has 0 spiro atoms. The predicted molar refractivity (Wildman–Crippen MR) is 99.5 cm³/mol. The van der Waals surface area contributed by atoms with Gasteiger partial charge in [0, 0.05) is 36.4 Å². The van der Waals surface area contributed by atoms with E-state index < -0.39 is 0 Å². The molecule has 1 fully saturated rings. The molecule has 6 nitrogen and oxygen atoms in total. The Morgan fingerprint density at radius 3 is 2.76 bits per heavy atom. The van der Waals surface area contributed by atoms with E-state index in [9.17, 15) is 0 Å². The molecule has 1 N–H and O–H groups in total. The molecule has 0 unspecified atom stereocenters. The molecule has 3 aromatic rings. The minimum Gasteiger partial charge on any atom is -0.351 e. The minimum absolute atomic E-state index is 0.353. The van der Waals surface area contributed by atoms with Crippen LogP contribution < -0.4 is 5.32 Å². The van der Waals surface area contributed by atoms with Gasteiger partial charge in [0.25, 0.3) is 0 Å². The summed E-state index contributed by atoms with van der Waals surface area (Å²) in [6.45, 7) is 4.31. The number of fused-ring (bicyclic) bond motifs is 1. The van der Waals surface area contributed by atoms with Gasteiger partial charge in [-0.25, -0.2) is 15.0 Å². The van der Waals surface area contributed by atoms with Crippen LogP contribution in [0.25, 0.3) is 22.3 Å². The maximum Gasteiger partial charge on any atom is 0.223 e. The minimum atomic E-state index is 0.353. The highest BCUT2D eigenvalue weighted by molar-refractivity contribution is 5.83. The van der Waals surface area contributed by atoms with Gasteiger partial charge >= 0.3 is 0 Å². The van der Waals surface area contributed by atoms with Crippen molar-refractivity contribution in [3.05, 3.63) is 30.2 Å². The summed E-state index contributed by atoms with van der Waals surface area (Å²) in [5.41, 5.74) is 3.87. The van der Waals surface area contributed by atoms with Crippen molar-refractivity contribution in [1.29, 1.82) is 0 Å². The molecule has 0 aromatic carbocycles. The SMILES string of the molecule is CC(C)c1nn(C)c2ncc(-c3ccnc(NC4CCCC4)n3)cc12. The summed E-state index contributed by atoms with van der Waals surface area (Å²) in [7, 11) is 1.94. The summed E-state index contributed by atoms with van der Waals surface area (Å²) < 4.78 is 1.85. The smallest absolute Gasteiger partial charge is 0.223 e. The molecule has 3 aromatic heterocycles. The Labute approximate surface area is 147 Å². The highest BCUT2D eigenvalue weighted by Crippen LogP contribution is 2.28. The van der Waals surface area contributed by atoms with E-state index in [4.69, 9.17) is 4.98 Å². The third-order valence-electron chi connectivity index (χ3n) is 4.89. The average Bonchev–Trinajstić information content (AvgIpc) is 3.23. The zero-order chi connectivity index (χ0) is 17.4. The summed E-state index contributed by atoms with van der Waals surface area (Å²) in [6.07, 6.45) is 8.67. The number of aryl methyl sites for hydroxylation is 1. The standard InChI is InChI=1S/C19H24N6/c1-12(2)17-15-10-13(11-21-18(15)25(3)24-17)16-8-9-20-19(23-16)22-14-6-4-5-7-14/h8-12,14H,4-7H2,1-3H3,(H,20,22,23). The van der Waals surface area contributed by atoms with Crippen molar-refractivity contribution in [1.82, 2.24) is 24.7 Å². The molecule has 0 saturated heterocycles. The first-order chi connectivity index (χ1) is 12.1. The van der Waals surface area contributed by atoms with Crippen molar-refractivity contribution >= 4 is 17.0 Å². The Bertz CT molecular complexity index is 892. The molecule has 130 valence electrons. The van der Waals surface area contributed by atoms with Gasteiger partial charge in [0.15, 0.2) is 5.65 Å². The Morgan fingerprint density at radius 2 is 2.00 bits per heavy atom. The first-order valence-corrected chi connectivity index (χ1v) is 9.04. The number of anilines is 1. The van der Waals surface area contributed by atoms with Crippen molar-refractivity contribution < 1.29 is 0 Å². The zero-order valence-corrected chi connectivity index (χ0v) is 15.0. The lowest BCUT2D eigenvalue weighted by Crippen LogP contribution is -2.16. The van der Waals surface area contributed by atoms with E-state index in [1.807, 2.05) is 30.2 Å². The second kappa shape index (κ2) is 6.43. The molecule has 25 heavy (non-hydrogen) atoms. The molecule has 1 saturated carbocycles. The maximum atomic E-state index is 4.71. The van der Waals surface area contributed by atoms with E-state index in [1.54, 1.807) is 0 Å². The van der Waals surface area contributed by atoms with Crippen LogP contribution in [0.15, 0.2) is 24.5 Å². The number of aromatic nitrogens is 5. The molecule has 3 heterocycles. The highest BCUT2D eigenvalue weighted by Gasteiger charge is 2.17. The lowest BCUT2D eigenvalue weighted by Gasteiger charge is -2.12. The van der Waals surface area contributed by atoms with Crippen LogP contribution in [0, 0.1) is 0 Å². The Balaban J connectivity index is 1.70. The van der Waals surface area contributed by atoms with E-state index in [0.717, 1.165) is 28.0 Å². The lowest BCUT2D eigenvalue weighted by atomic mass is 10.1. The second-order valence-electron chi connectivity index (χ2n) is 7.15. The number of rotatable bonds is 4. The van der Waals surface area contributed by atoms with Crippen molar-refractivity contribution in [2.75, 3.05) is 5.32 Å². The molecule has 0 bridgehead atoms. The summed E-state index contributed by atoms with van der Waals surface area (Å²) in [6, 6.07) is 4.59. The van der Waals surface area contributed by atoms with E-state index >= 15 is 0 Å². The van der Waals surface area contributed by atoms with Crippen LogP contribution in [0.1, 0.15) is 51.1 Å². The normalized spacial score (nSPS) is 15.4. The number of hydrogen-bond donors (Lipinski definition) is 1. The quantitative estimate of drug-likeness (QED) is 0.782. The predicted octanol–water partition coefficient (Wildman–Crippen LogP) is 3.90. The first kappa shape index (κ1) is 16.0. The van der Waals surface area contributed by atoms with Crippen LogP contribution in [0.2, 0.25) is 0 Å². The van der Waals surface area contributed by atoms with Crippen molar-refractivity contribution in [2.24, 2.45) is 7.05 Å². The van der Waals surface area contributed by atoms with Gasteiger partial charge < -0.3 is 5.32 Å². The topological polar surface area (TPSA) is 68.5 Å². The monoisotopic (exact) mass is 336 g/mol. The Morgan fingerprint density at radius 1 is 1.20 bits per heavy atom. The molecule has 1 aliphatic rings. The molecular formula is C19H24N6. The zero-order valence-electron chi connectivity index (χ0n) is 15.0. The third kappa shape index (κ3) is 3.08. The molecule has 0 radical (unpaired) electrons. The molecule has 6 heteroatoms. The fourth-order valence-corrected chi connectivity index (χ4v) is 3.58. The summed E-state index contributed by atoms with van der Waals surface area (Å²) in [4.78, 5) is 13.7. The highest BCUT2D eigenvalue weighted by atomic mass is 15.3. The lowest BCUT2D eigenvalue weighted by molar-refractivity contribution is 0.724. The average molecular weight is 336 g/mol. The van der Waals surface area contributed by atoms with Gasteiger partial charge in [0.2, 0.25) is 5.95 Å². The third-order valence-corrected chi connectivity index (χ3v) is 4.89. The maximum absolute atomic E-state index is 4.71. The van der Waals surface area contributed by atoms with E-state index in [0.29, 0.717) is 17.9 Å². The van der Waals surface area contributed by atoms with Crippen molar-refractivity contribution in [2.45, 2.75) is 51.5 Å². The molecule has 1 aliphatic carbocycles. The molecule has 4 rings (SSSR count). The van der Waals surface area contributed by atoms with E-state index in [-0.39, 0.29) is 0 Å². The van der Waals surface area contributed by atoms with E-state index in [2.05, 4.69) is 40.3 Å². The molecule has 0 amide bonds. The van der Waals surface area contributed by atoms with Crippen molar-refractivity contribution in [3.63, 3.8) is 0 Å². The van der Waals surface area contributed by atoms with Gasteiger partial charge in [-0.2, -0.15) is 5.10 Å². The fraction of sp³-hybridized carbons (Fsp3) is 0.474. The first-order valence-electron chi connectivity index (χ1n) is 9.04. The number of nitrogens with zero attached hydrogens (tertiary/aromatic N) is 5.